The van der Waals surface area contributed by atoms with Crippen LogP contribution in [0.1, 0.15) is 16.7 Å². The van der Waals surface area contributed by atoms with E-state index in [9.17, 15) is 0 Å². The van der Waals surface area contributed by atoms with Crippen molar-refractivity contribution >= 4 is 10.8 Å². The SMILES string of the molecule is Cc1ccc(COc2ccc3ccccc3c2CNCCO)cc1. The van der Waals surface area contributed by atoms with Crippen molar-refractivity contribution in [3.63, 3.8) is 0 Å². The zero-order valence-electron chi connectivity index (χ0n) is 14.0. The summed E-state index contributed by atoms with van der Waals surface area (Å²) in [5.74, 6) is 0.889. The average molecular weight is 321 g/mol. The summed E-state index contributed by atoms with van der Waals surface area (Å²) < 4.78 is 6.10. The Balaban J connectivity index is 1.85. The number of ether oxygens (including phenoxy) is 1. The summed E-state index contributed by atoms with van der Waals surface area (Å²) in [7, 11) is 0. The molecule has 24 heavy (non-hydrogen) atoms. The molecular weight excluding hydrogens is 298 g/mol. The maximum Gasteiger partial charge on any atom is 0.124 e. The minimum atomic E-state index is 0.129. The minimum Gasteiger partial charge on any atom is -0.489 e. The Bertz CT molecular complexity index is 797. The highest BCUT2D eigenvalue weighted by molar-refractivity contribution is 5.87. The third-order valence-corrected chi connectivity index (χ3v) is 4.10. The zero-order valence-corrected chi connectivity index (χ0v) is 14.0. The maximum absolute atomic E-state index is 9.01. The first-order chi connectivity index (χ1) is 11.8. The fraction of sp³-hybridized carbons (Fsp3) is 0.238. The molecule has 0 fully saturated rings. The Labute approximate surface area is 142 Å². The summed E-state index contributed by atoms with van der Waals surface area (Å²) in [6.07, 6.45) is 0. The lowest BCUT2D eigenvalue weighted by Crippen LogP contribution is -2.18. The van der Waals surface area contributed by atoms with Crippen LogP contribution in [0.5, 0.6) is 5.75 Å². The van der Waals surface area contributed by atoms with Crippen molar-refractivity contribution in [2.45, 2.75) is 20.1 Å². The van der Waals surface area contributed by atoms with E-state index in [1.165, 1.54) is 16.3 Å². The second-order valence-corrected chi connectivity index (χ2v) is 5.94. The molecule has 0 aromatic heterocycles. The van der Waals surface area contributed by atoms with Gasteiger partial charge in [0.1, 0.15) is 12.4 Å². The van der Waals surface area contributed by atoms with Crippen LogP contribution in [0.2, 0.25) is 0 Å². The molecule has 0 spiro atoms. The highest BCUT2D eigenvalue weighted by Crippen LogP contribution is 2.28. The third-order valence-electron chi connectivity index (χ3n) is 4.10. The van der Waals surface area contributed by atoms with Gasteiger partial charge in [-0.15, -0.1) is 0 Å². The lowest BCUT2D eigenvalue weighted by atomic mass is 10.0. The van der Waals surface area contributed by atoms with Gasteiger partial charge in [0.25, 0.3) is 0 Å². The highest BCUT2D eigenvalue weighted by atomic mass is 16.5. The van der Waals surface area contributed by atoms with Gasteiger partial charge in [0.2, 0.25) is 0 Å². The molecule has 3 nitrogen and oxygen atoms in total. The van der Waals surface area contributed by atoms with E-state index in [1.807, 2.05) is 18.2 Å². The molecule has 0 aliphatic carbocycles. The molecule has 0 aliphatic rings. The first kappa shape index (κ1) is 16.5. The van der Waals surface area contributed by atoms with Gasteiger partial charge in [0, 0.05) is 18.7 Å². The molecule has 0 unspecified atom stereocenters. The van der Waals surface area contributed by atoms with Crippen LogP contribution < -0.4 is 10.1 Å². The van der Waals surface area contributed by atoms with Gasteiger partial charge >= 0.3 is 0 Å². The summed E-state index contributed by atoms with van der Waals surface area (Å²) >= 11 is 0. The normalized spacial score (nSPS) is 10.9. The minimum absolute atomic E-state index is 0.129. The smallest absolute Gasteiger partial charge is 0.124 e. The molecule has 0 saturated heterocycles. The average Bonchev–Trinajstić information content (AvgIpc) is 2.62. The number of aryl methyl sites for hydroxylation is 1. The van der Waals surface area contributed by atoms with Crippen LogP contribution >= 0.6 is 0 Å². The predicted octanol–water partition coefficient (Wildman–Crippen LogP) is 3.81. The Morgan fingerprint density at radius 1 is 0.958 bits per heavy atom. The molecule has 0 bridgehead atoms. The molecule has 3 heteroatoms. The molecule has 0 heterocycles. The van der Waals surface area contributed by atoms with Crippen LogP contribution in [0.25, 0.3) is 10.8 Å². The number of hydrogen-bond donors (Lipinski definition) is 2. The van der Waals surface area contributed by atoms with Crippen molar-refractivity contribution in [1.82, 2.24) is 5.32 Å². The number of benzene rings is 3. The fourth-order valence-electron chi connectivity index (χ4n) is 2.77. The summed E-state index contributed by atoms with van der Waals surface area (Å²) in [6, 6.07) is 20.8. The zero-order chi connectivity index (χ0) is 16.8. The van der Waals surface area contributed by atoms with E-state index >= 15 is 0 Å². The number of fused-ring (bicyclic) bond motifs is 1. The standard InChI is InChI=1S/C21H23NO2/c1-16-6-8-17(9-7-16)15-24-21-11-10-18-4-2-3-5-19(18)20(21)14-22-12-13-23/h2-11,22-23H,12-15H2,1H3. The van der Waals surface area contributed by atoms with Gasteiger partial charge in [-0.1, -0.05) is 60.2 Å². The number of aliphatic hydroxyl groups is 1. The number of rotatable bonds is 7. The Morgan fingerprint density at radius 3 is 2.54 bits per heavy atom. The Morgan fingerprint density at radius 2 is 1.75 bits per heavy atom. The summed E-state index contributed by atoms with van der Waals surface area (Å²) in [5, 5.41) is 14.6. The molecule has 0 saturated carbocycles. The molecule has 0 atom stereocenters. The summed E-state index contributed by atoms with van der Waals surface area (Å²) in [5.41, 5.74) is 3.54. The molecule has 2 N–H and O–H groups in total. The first-order valence-electron chi connectivity index (χ1n) is 8.28. The van der Waals surface area contributed by atoms with Crippen LogP contribution in [0.15, 0.2) is 60.7 Å². The second-order valence-electron chi connectivity index (χ2n) is 5.94. The lowest BCUT2D eigenvalue weighted by Gasteiger charge is -2.15. The van der Waals surface area contributed by atoms with Crippen LogP contribution in [-0.4, -0.2) is 18.3 Å². The van der Waals surface area contributed by atoms with Gasteiger partial charge in [-0.2, -0.15) is 0 Å². The van der Waals surface area contributed by atoms with Gasteiger partial charge in [0.05, 0.1) is 6.61 Å². The van der Waals surface area contributed by atoms with E-state index < -0.39 is 0 Å². The van der Waals surface area contributed by atoms with Gasteiger partial charge in [-0.3, -0.25) is 0 Å². The van der Waals surface area contributed by atoms with Crippen molar-refractivity contribution in [1.29, 1.82) is 0 Å². The van der Waals surface area contributed by atoms with E-state index in [2.05, 4.69) is 54.7 Å². The molecule has 0 aliphatic heterocycles. The Kier molecular flexibility index (Phi) is 5.47. The van der Waals surface area contributed by atoms with E-state index in [0.717, 1.165) is 16.9 Å². The lowest BCUT2D eigenvalue weighted by molar-refractivity contribution is 0.288. The van der Waals surface area contributed by atoms with Crippen LogP contribution in [0.4, 0.5) is 0 Å². The molecule has 3 aromatic rings. The van der Waals surface area contributed by atoms with Gasteiger partial charge in [-0.05, 0) is 29.3 Å². The predicted molar refractivity (Wildman–Crippen MR) is 98.3 cm³/mol. The molecule has 3 aromatic carbocycles. The van der Waals surface area contributed by atoms with E-state index in [0.29, 0.717) is 19.7 Å². The largest absolute Gasteiger partial charge is 0.489 e. The van der Waals surface area contributed by atoms with Gasteiger partial charge < -0.3 is 15.2 Å². The molecule has 3 rings (SSSR count). The fourth-order valence-corrected chi connectivity index (χ4v) is 2.77. The van der Waals surface area contributed by atoms with E-state index in [1.54, 1.807) is 0 Å². The first-order valence-corrected chi connectivity index (χ1v) is 8.28. The number of nitrogens with one attached hydrogen (secondary N) is 1. The molecule has 0 amide bonds. The van der Waals surface area contributed by atoms with Gasteiger partial charge in [-0.25, -0.2) is 0 Å². The topological polar surface area (TPSA) is 41.5 Å². The molecular formula is C21H23NO2. The highest BCUT2D eigenvalue weighted by Gasteiger charge is 2.09. The Hall–Kier alpha value is -2.36. The summed E-state index contributed by atoms with van der Waals surface area (Å²) in [6.45, 7) is 4.00. The van der Waals surface area contributed by atoms with Crippen molar-refractivity contribution in [2.75, 3.05) is 13.2 Å². The third kappa shape index (κ3) is 3.94. The van der Waals surface area contributed by atoms with Crippen molar-refractivity contribution in [3.05, 3.63) is 77.4 Å². The monoisotopic (exact) mass is 321 g/mol. The molecule has 0 radical (unpaired) electrons. The maximum atomic E-state index is 9.01. The molecule has 124 valence electrons. The van der Waals surface area contributed by atoms with E-state index in [-0.39, 0.29) is 6.61 Å². The van der Waals surface area contributed by atoms with Crippen LogP contribution in [0.3, 0.4) is 0 Å². The second kappa shape index (κ2) is 7.95. The van der Waals surface area contributed by atoms with Gasteiger partial charge in [0.15, 0.2) is 0 Å². The van der Waals surface area contributed by atoms with Crippen LogP contribution in [-0.2, 0) is 13.2 Å². The van der Waals surface area contributed by atoms with Crippen molar-refractivity contribution in [3.8, 4) is 5.75 Å². The van der Waals surface area contributed by atoms with Crippen molar-refractivity contribution in [2.24, 2.45) is 0 Å². The number of hydrogen-bond acceptors (Lipinski definition) is 3. The van der Waals surface area contributed by atoms with E-state index in [4.69, 9.17) is 9.84 Å². The number of aliphatic hydroxyl groups excluding tert-OH is 1. The van der Waals surface area contributed by atoms with Crippen molar-refractivity contribution < 1.29 is 9.84 Å². The van der Waals surface area contributed by atoms with Crippen LogP contribution in [0, 0.1) is 6.92 Å². The summed E-state index contributed by atoms with van der Waals surface area (Å²) in [4.78, 5) is 0. The quantitative estimate of drug-likeness (QED) is 0.650.